The number of rotatable bonds is 8. The number of aryl methyl sites for hydroxylation is 1. The minimum atomic E-state index is -0.547. The van der Waals surface area contributed by atoms with E-state index in [2.05, 4.69) is 31.8 Å². The summed E-state index contributed by atoms with van der Waals surface area (Å²) in [6.07, 6.45) is 4.39. The van der Waals surface area contributed by atoms with E-state index >= 15 is 0 Å². The Morgan fingerprint density at radius 2 is 1.59 bits per heavy atom. The molecule has 0 fully saturated rings. The SMILES string of the molecule is Cc1cccc(C(=O)Nc2ccc(C(=O)N/N=C\c3cc(Br)ccc3OC(=O)/C=C/c3ccccc3)cc2)c1. The Hall–Kier alpha value is -4.82. The Balaban J connectivity index is 1.36. The number of anilines is 1. The number of hydrazone groups is 1. The average molecular weight is 582 g/mol. The van der Waals surface area contributed by atoms with Gasteiger partial charge in [-0.15, -0.1) is 0 Å². The molecule has 2 amide bonds. The first kappa shape index (κ1) is 27.2. The van der Waals surface area contributed by atoms with Crippen LogP contribution in [-0.4, -0.2) is 24.0 Å². The fourth-order valence-corrected chi connectivity index (χ4v) is 3.88. The number of amides is 2. The maximum absolute atomic E-state index is 12.6. The fraction of sp³-hybridized carbons (Fsp3) is 0.0323. The summed E-state index contributed by atoms with van der Waals surface area (Å²) in [7, 11) is 0. The van der Waals surface area contributed by atoms with E-state index in [0.29, 0.717) is 22.4 Å². The van der Waals surface area contributed by atoms with Crippen LogP contribution in [0.1, 0.15) is 37.4 Å². The van der Waals surface area contributed by atoms with Crippen molar-refractivity contribution in [2.45, 2.75) is 6.92 Å². The summed E-state index contributed by atoms with van der Waals surface area (Å²) in [6.45, 7) is 1.92. The third kappa shape index (κ3) is 8.08. The minimum Gasteiger partial charge on any atom is -0.423 e. The highest BCUT2D eigenvalue weighted by Gasteiger charge is 2.10. The Labute approximate surface area is 234 Å². The lowest BCUT2D eigenvalue weighted by Gasteiger charge is -2.07. The van der Waals surface area contributed by atoms with Crippen LogP contribution in [0.3, 0.4) is 0 Å². The lowest BCUT2D eigenvalue weighted by Crippen LogP contribution is -2.18. The Morgan fingerprint density at radius 3 is 2.33 bits per heavy atom. The molecule has 0 aliphatic carbocycles. The normalized spacial score (nSPS) is 10.9. The van der Waals surface area contributed by atoms with Crippen molar-refractivity contribution in [2.75, 3.05) is 5.32 Å². The van der Waals surface area contributed by atoms with E-state index in [-0.39, 0.29) is 11.7 Å². The second-order valence-corrected chi connectivity index (χ2v) is 9.36. The van der Waals surface area contributed by atoms with Gasteiger partial charge in [-0.3, -0.25) is 9.59 Å². The summed E-state index contributed by atoms with van der Waals surface area (Å²) in [6, 6.07) is 28.2. The summed E-state index contributed by atoms with van der Waals surface area (Å²) in [5.74, 6) is -0.939. The summed E-state index contributed by atoms with van der Waals surface area (Å²) in [5, 5.41) is 6.83. The smallest absolute Gasteiger partial charge is 0.336 e. The zero-order valence-corrected chi connectivity index (χ0v) is 22.5. The molecule has 8 heteroatoms. The van der Waals surface area contributed by atoms with Crippen molar-refractivity contribution in [3.63, 3.8) is 0 Å². The third-order valence-corrected chi connectivity index (χ3v) is 5.94. The van der Waals surface area contributed by atoms with Crippen molar-refractivity contribution < 1.29 is 19.1 Å². The van der Waals surface area contributed by atoms with Gasteiger partial charge in [-0.25, -0.2) is 10.2 Å². The highest BCUT2D eigenvalue weighted by atomic mass is 79.9. The second-order valence-electron chi connectivity index (χ2n) is 8.45. The van der Waals surface area contributed by atoms with E-state index in [0.717, 1.165) is 15.6 Å². The highest BCUT2D eigenvalue weighted by molar-refractivity contribution is 9.10. The summed E-state index contributed by atoms with van der Waals surface area (Å²) < 4.78 is 6.21. The molecule has 0 aromatic heterocycles. The fourth-order valence-electron chi connectivity index (χ4n) is 3.50. The number of ether oxygens (including phenoxy) is 1. The van der Waals surface area contributed by atoms with Gasteiger partial charge in [-0.2, -0.15) is 5.10 Å². The molecule has 0 aliphatic rings. The quantitative estimate of drug-likeness (QED) is 0.0827. The van der Waals surface area contributed by atoms with Crippen LogP contribution in [0.4, 0.5) is 5.69 Å². The van der Waals surface area contributed by atoms with Gasteiger partial charge >= 0.3 is 5.97 Å². The van der Waals surface area contributed by atoms with Crippen LogP contribution in [-0.2, 0) is 4.79 Å². The van der Waals surface area contributed by atoms with Crippen LogP contribution in [0.25, 0.3) is 6.08 Å². The largest absolute Gasteiger partial charge is 0.423 e. The predicted octanol–water partition coefficient (Wildman–Crippen LogP) is 6.39. The highest BCUT2D eigenvalue weighted by Crippen LogP contribution is 2.22. The number of carbonyl (C=O) groups is 3. The lowest BCUT2D eigenvalue weighted by molar-refractivity contribution is -0.128. The molecule has 2 N–H and O–H groups in total. The van der Waals surface area contributed by atoms with Crippen molar-refractivity contribution in [3.05, 3.63) is 135 Å². The van der Waals surface area contributed by atoms with Gasteiger partial charge in [-0.05, 0) is 73.2 Å². The first-order valence-electron chi connectivity index (χ1n) is 11.9. The maximum Gasteiger partial charge on any atom is 0.336 e. The van der Waals surface area contributed by atoms with Gasteiger partial charge in [0.25, 0.3) is 11.8 Å². The summed E-state index contributed by atoms with van der Waals surface area (Å²) in [5.41, 5.74) is 6.27. The van der Waals surface area contributed by atoms with Gasteiger partial charge in [0.1, 0.15) is 5.75 Å². The number of nitrogens with zero attached hydrogens (tertiary/aromatic N) is 1. The first-order chi connectivity index (χ1) is 18.9. The van der Waals surface area contributed by atoms with Crippen LogP contribution in [0.15, 0.2) is 113 Å². The number of nitrogens with one attached hydrogen (secondary N) is 2. The second kappa shape index (κ2) is 13.1. The molecule has 194 valence electrons. The van der Waals surface area contributed by atoms with Gasteiger partial charge in [-0.1, -0.05) is 64.0 Å². The van der Waals surface area contributed by atoms with Crippen molar-refractivity contribution in [2.24, 2.45) is 5.10 Å². The molecule has 4 rings (SSSR count). The molecule has 0 atom stereocenters. The molecule has 0 spiro atoms. The Kier molecular flexibility index (Phi) is 9.16. The van der Waals surface area contributed by atoms with E-state index < -0.39 is 11.9 Å². The summed E-state index contributed by atoms with van der Waals surface area (Å²) in [4.78, 5) is 37.3. The van der Waals surface area contributed by atoms with Crippen LogP contribution in [0, 0.1) is 6.92 Å². The van der Waals surface area contributed by atoms with Gasteiger partial charge in [0, 0.05) is 32.9 Å². The molecule has 39 heavy (non-hydrogen) atoms. The van der Waals surface area contributed by atoms with Crippen molar-refractivity contribution >= 4 is 51.7 Å². The molecule has 4 aromatic rings. The molecule has 7 nitrogen and oxygen atoms in total. The minimum absolute atomic E-state index is 0.235. The molecule has 0 unspecified atom stereocenters. The first-order valence-corrected chi connectivity index (χ1v) is 12.7. The number of esters is 1. The molecule has 0 bridgehead atoms. The number of benzene rings is 4. The molecular formula is C31H24BrN3O4. The van der Waals surface area contributed by atoms with Gasteiger partial charge in [0.15, 0.2) is 0 Å². The van der Waals surface area contributed by atoms with Gasteiger partial charge in [0.05, 0.1) is 6.21 Å². The molecule has 0 saturated carbocycles. The number of halogens is 1. The monoisotopic (exact) mass is 581 g/mol. The molecular weight excluding hydrogens is 558 g/mol. The van der Waals surface area contributed by atoms with Crippen LogP contribution < -0.4 is 15.5 Å². The van der Waals surface area contributed by atoms with Crippen LogP contribution in [0.5, 0.6) is 5.75 Å². The molecule has 0 aliphatic heterocycles. The Bertz CT molecular complexity index is 1550. The zero-order valence-electron chi connectivity index (χ0n) is 20.9. The van der Waals surface area contributed by atoms with Gasteiger partial charge < -0.3 is 10.1 Å². The predicted molar refractivity (Wildman–Crippen MR) is 156 cm³/mol. The van der Waals surface area contributed by atoms with E-state index in [1.165, 1.54) is 12.3 Å². The van der Waals surface area contributed by atoms with E-state index in [9.17, 15) is 14.4 Å². The molecule has 0 radical (unpaired) electrons. The molecule has 0 heterocycles. The molecule has 0 saturated heterocycles. The van der Waals surface area contributed by atoms with E-state index in [4.69, 9.17) is 4.74 Å². The van der Waals surface area contributed by atoms with Gasteiger partial charge in [0.2, 0.25) is 0 Å². The lowest BCUT2D eigenvalue weighted by atomic mass is 10.1. The summed E-state index contributed by atoms with van der Waals surface area (Å²) >= 11 is 3.39. The van der Waals surface area contributed by atoms with E-state index in [1.54, 1.807) is 60.7 Å². The van der Waals surface area contributed by atoms with Crippen molar-refractivity contribution in [1.29, 1.82) is 0 Å². The average Bonchev–Trinajstić information content (AvgIpc) is 2.94. The topological polar surface area (TPSA) is 96.9 Å². The third-order valence-electron chi connectivity index (χ3n) is 5.45. The van der Waals surface area contributed by atoms with E-state index in [1.807, 2.05) is 49.4 Å². The Morgan fingerprint density at radius 1 is 0.821 bits per heavy atom. The number of hydrogen-bond donors (Lipinski definition) is 2. The molecule has 4 aromatic carbocycles. The standard InChI is InChI=1S/C31H24BrN3O4/c1-21-6-5-9-24(18-21)30(37)34-27-14-11-23(12-15-27)31(38)35-33-20-25-19-26(32)13-16-28(25)39-29(36)17-10-22-7-3-2-4-8-22/h2-20H,1H3,(H,34,37)(H,35,38)/b17-10+,33-20-. The van der Waals surface area contributed by atoms with Crippen LogP contribution in [0.2, 0.25) is 0 Å². The van der Waals surface area contributed by atoms with Crippen molar-refractivity contribution in [1.82, 2.24) is 5.43 Å². The van der Waals surface area contributed by atoms with Crippen LogP contribution >= 0.6 is 15.9 Å². The van der Waals surface area contributed by atoms with Crippen molar-refractivity contribution in [3.8, 4) is 5.75 Å². The number of carbonyl (C=O) groups excluding carboxylic acids is 3. The zero-order chi connectivity index (χ0) is 27.6. The maximum atomic E-state index is 12.6. The number of hydrogen-bond acceptors (Lipinski definition) is 5.